The molecule has 0 bridgehead atoms. The second-order valence-electron chi connectivity index (χ2n) is 18.2. The number of methoxy groups -OCH3 is 1. The number of rotatable bonds is 43. The molecule has 0 atom stereocenters. The van der Waals surface area contributed by atoms with Crippen LogP contribution in [0.15, 0.2) is 0 Å². The van der Waals surface area contributed by atoms with Crippen molar-refractivity contribution in [3.63, 3.8) is 0 Å². The molecule has 0 fully saturated rings. The number of hydrogen-bond acceptors (Lipinski definition) is 4. The molecule has 0 aromatic heterocycles. The zero-order valence-corrected chi connectivity index (χ0v) is 38.1. The number of unbranched alkanes of at least 4 members (excludes halogenated alkanes) is 30. The molecular weight excluding hydrogens is 667 g/mol. The maximum atomic E-state index is 12.9. The summed E-state index contributed by atoms with van der Waals surface area (Å²) < 4.78 is 17.3. The third-order valence-corrected chi connectivity index (χ3v) is 11.8. The quantitative estimate of drug-likeness (QED) is 0.0628. The summed E-state index contributed by atoms with van der Waals surface area (Å²) in [5.74, 6) is 0. The molecule has 0 spiro atoms. The zero-order valence-electron chi connectivity index (χ0n) is 38.1. The van der Waals surface area contributed by atoms with E-state index in [4.69, 9.17) is 14.2 Å². The van der Waals surface area contributed by atoms with E-state index in [9.17, 15) is 4.79 Å². The molecule has 0 saturated carbocycles. The fraction of sp³-hybridized carbons (Fsp3) is 0.980. The number of hydrogen-bond donors (Lipinski definition) is 1. The molecule has 0 saturated heterocycles. The molecule has 324 valence electrons. The Kier molecular flexibility index (Phi) is 38.5. The number of amides is 1. The van der Waals surface area contributed by atoms with Crippen LogP contribution in [0.2, 0.25) is 0 Å². The number of carbonyl (C=O) groups is 1. The topological polar surface area (TPSA) is 56.8 Å². The SMILES string of the molecule is CCCCCCCCCCCCCCCCCCC(CCCCCCCCCCCCCCCCCC)NC(=O)OCCC(C)(C)OCCC(C)(C)OC. The Morgan fingerprint density at radius 2 is 0.741 bits per heavy atom. The summed E-state index contributed by atoms with van der Waals surface area (Å²) in [7, 11) is 1.74. The fourth-order valence-corrected chi connectivity index (χ4v) is 7.51. The molecule has 0 aliphatic heterocycles. The van der Waals surface area contributed by atoms with Crippen molar-refractivity contribution < 1.29 is 19.0 Å². The van der Waals surface area contributed by atoms with Crippen LogP contribution in [0, 0.1) is 0 Å². The first kappa shape index (κ1) is 53.2. The first-order chi connectivity index (χ1) is 26.2. The van der Waals surface area contributed by atoms with E-state index in [2.05, 4.69) is 46.9 Å². The van der Waals surface area contributed by atoms with Crippen molar-refractivity contribution in [3.05, 3.63) is 0 Å². The molecule has 1 N–H and O–H groups in total. The average molecular weight is 766 g/mol. The monoisotopic (exact) mass is 766 g/mol. The van der Waals surface area contributed by atoms with Gasteiger partial charge in [-0.3, -0.25) is 0 Å². The van der Waals surface area contributed by atoms with Gasteiger partial charge in [0.1, 0.15) is 0 Å². The third-order valence-electron chi connectivity index (χ3n) is 11.8. The van der Waals surface area contributed by atoms with Crippen LogP contribution in [0.5, 0.6) is 0 Å². The molecule has 0 aromatic carbocycles. The van der Waals surface area contributed by atoms with Gasteiger partial charge in [-0.15, -0.1) is 0 Å². The molecule has 1 amide bonds. The summed E-state index contributed by atoms with van der Waals surface area (Å²) in [6, 6.07) is 0.219. The van der Waals surface area contributed by atoms with E-state index in [0.29, 0.717) is 19.6 Å². The van der Waals surface area contributed by atoms with Crippen LogP contribution < -0.4 is 5.32 Å². The summed E-state index contributed by atoms with van der Waals surface area (Å²) in [6.07, 6.45) is 47.7. The van der Waals surface area contributed by atoms with Gasteiger partial charge in [0.05, 0.1) is 24.4 Å². The van der Waals surface area contributed by atoms with E-state index in [-0.39, 0.29) is 23.3 Å². The molecule has 0 aliphatic carbocycles. The van der Waals surface area contributed by atoms with Crippen LogP contribution in [0.3, 0.4) is 0 Å². The lowest BCUT2D eigenvalue weighted by molar-refractivity contribution is -0.0662. The van der Waals surface area contributed by atoms with Gasteiger partial charge < -0.3 is 19.5 Å². The van der Waals surface area contributed by atoms with Crippen LogP contribution in [0.1, 0.15) is 273 Å². The Hall–Kier alpha value is -0.810. The molecule has 54 heavy (non-hydrogen) atoms. The van der Waals surface area contributed by atoms with Crippen LogP contribution >= 0.6 is 0 Å². The predicted molar refractivity (Wildman–Crippen MR) is 237 cm³/mol. The predicted octanol–water partition coefficient (Wildman–Crippen LogP) is 16.4. The minimum Gasteiger partial charge on any atom is -0.449 e. The van der Waals surface area contributed by atoms with Gasteiger partial charge in [-0.25, -0.2) is 4.79 Å². The van der Waals surface area contributed by atoms with Crippen molar-refractivity contribution in [2.45, 2.75) is 290 Å². The largest absolute Gasteiger partial charge is 0.449 e. The molecule has 0 aliphatic rings. The number of nitrogens with one attached hydrogen (secondary N) is 1. The van der Waals surface area contributed by atoms with E-state index in [1.807, 2.05) is 0 Å². The standard InChI is InChI=1S/C49H99NO4/c1-8-10-12-14-16-18-20-22-24-26-28-30-32-34-36-38-40-46(50-47(51)53-44-42-49(5,6)54-45-43-48(3,4)52-7)41-39-37-35-33-31-29-27-25-23-21-19-17-15-13-11-9-2/h46H,8-45H2,1-7H3,(H,50,51). The van der Waals surface area contributed by atoms with Crippen LogP contribution in [-0.2, 0) is 14.2 Å². The Bertz CT molecular complexity index is 733. The van der Waals surface area contributed by atoms with E-state index >= 15 is 0 Å². The van der Waals surface area contributed by atoms with Crippen LogP contribution in [-0.4, -0.2) is 43.7 Å². The number of ether oxygens (including phenoxy) is 3. The molecule has 5 heteroatoms. The van der Waals surface area contributed by atoms with Gasteiger partial charge in [0.2, 0.25) is 0 Å². The molecule has 0 rings (SSSR count). The van der Waals surface area contributed by atoms with Gasteiger partial charge >= 0.3 is 6.09 Å². The summed E-state index contributed by atoms with van der Waals surface area (Å²) in [6.45, 7) is 13.9. The van der Waals surface area contributed by atoms with Crippen LogP contribution in [0.25, 0.3) is 0 Å². The zero-order chi connectivity index (χ0) is 39.9. The summed E-state index contributed by atoms with van der Waals surface area (Å²) in [5.41, 5.74) is -0.537. The lowest BCUT2D eigenvalue weighted by atomic mass is 9.99. The average Bonchev–Trinajstić information content (AvgIpc) is 3.14. The highest BCUT2D eigenvalue weighted by Crippen LogP contribution is 2.20. The van der Waals surface area contributed by atoms with Crippen molar-refractivity contribution in [2.75, 3.05) is 20.3 Å². The molecule has 0 aromatic rings. The highest BCUT2D eigenvalue weighted by atomic mass is 16.6. The highest BCUT2D eigenvalue weighted by Gasteiger charge is 2.23. The minimum absolute atomic E-state index is 0.194. The van der Waals surface area contributed by atoms with Gasteiger partial charge in [-0.05, 0) is 47.0 Å². The Morgan fingerprint density at radius 3 is 1.06 bits per heavy atom. The van der Waals surface area contributed by atoms with Gasteiger partial charge in [-0.2, -0.15) is 0 Å². The Morgan fingerprint density at radius 1 is 0.444 bits per heavy atom. The summed E-state index contributed by atoms with van der Waals surface area (Å²) in [4.78, 5) is 12.9. The molecule has 0 unspecified atom stereocenters. The Balaban J connectivity index is 4.27. The number of alkyl carbamates (subject to hydrolysis) is 1. The second kappa shape index (κ2) is 39.0. The van der Waals surface area contributed by atoms with Crippen molar-refractivity contribution in [1.82, 2.24) is 5.32 Å². The highest BCUT2D eigenvalue weighted by molar-refractivity contribution is 5.67. The normalized spacial score (nSPS) is 12.2. The fourth-order valence-electron chi connectivity index (χ4n) is 7.51. The molecule has 0 radical (unpaired) electrons. The van der Waals surface area contributed by atoms with Gasteiger partial charge in [0.15, 0.2) is 0 Å². The van der Waals surface area contributed by atoms with Crippen molar-refractivity contribution in [1.29, 1.82) is 0 Å². The second-order valence-corrected chi connectivity index (χ2v) is 18.2. The maximum Gasteiger partial charge on any atom is 0.407 e. The third kappa shape index (κ3) is 39.4. The van der Waals surface area contributed by atoms with Crippen molar-refractivity contribution in [2.24, 2.45) is 0 Å². The van der Waals surface area contributed by atoms with Crippen molar-refractivity contribution >= 4 is 6.09 Å². The van der Waals surface area contributed by atoms with Crippen LogP contribution in [0.4, 0.5) is 4.79 Å². The smallest absolute Gasteiger partial charge is 0.407 e. The van der Waals surface area contributed by atoms with Gasteiger partial charge in [0.25, 0.3) is 0 Å². The first-order valence-electron chi connectivity index (χ1n) is 24.3. The van der Waals surface area contributed by atoms with Gasteiger partial charge in [0, 0.05) is 19.6 Å². The molecule has 5 nitrogen and oxygen atoms in total. The first-order valence-corrected chi connectivity index (χ1v) is 24.3. The Labute approximate surface area is 339 Å². The lowest BCUT2D eigenvalue weighted by Gasteiger charge is -2.28. The number of carbonyl (C=O) groups excluding carboxylic acids is 1. The maximum absolute atomic E-state index is 12.9. The van der Waals surface area contributed by atoms with E-state index in [0.717, 1.165) is 19.3 Å². The summed E-state index contributed by atoms with van der Waals surface area (Å²) >= 11 is 0. The minimum atomic E-state index is -0.343. The summed E-state index contributed by atoms with van der Waals surface area (Å²) in [5, 5.41) is 3.26. The van der Waals surface area contributed by atoms with E-state index < -0.39 is 0 Å². The van der Waals surface area contributed by atoms with E-state index in [1.165, 1.54) is 205 Å². The molecular formula is C49H99NO4. The lowest BCUT2D eigenvalue weighted by Crippen LogP contribution is -2.36. The molecule has 0 heterocycles. The van der Waals surface area contributed by atoms with Crippen molar-refractivity contribution in [3.8, 4) is 0 Å². The van der Waals surface area contributed by atoms with Gasteiger partial charge in [-0.1, -0.05) is 219 Å². The van der Waals surface area contributed by atoms with E-state index in [1.54, 1.807) is 7.11 Å².